The van der Waals surface area contributed by atoms with Crippen molar-refractivity contribution in [1.82, 2.24) is 19.9 Å². The van der Waals surface area contributed by atoms with Gasteiger partial charge in [0.15, 0.2) is 5.82 Å². The Morgan fingerprint density at radius 1 is 1.04 bits per heavy atom. The Kier molecular flexibility index (Phi) is 4.76. The fraction of sp³-hybridized carbons (Fsp3) is 0.0952. The standard InChI is InChI=1S/C21H16N6O/c1-28-18-8-7-14(12-22)11-16(18)21-26-17-6-3-2-5-15(17)20(27-21)25-13-19-23-9-4-10-24-19/h2-11H,13H2,1H3,(H,25,26,27). The normalized spacial score (nSPS) is 10.4. The van der Waals surface area contributed by atoms with Crippen molar-refractivity contribution < 1.29 is 4.74 Å². The van der Waals surface area contributed by atoms with Gasteiger partial charge >= 0.3 is 0 Å². The summed E-state index contributed by atoms with van der Waals surface area (Å²) in [5.74, 6) is 2.41. The summed E-state index contributed by atoms with van der Waals surface area (Å²) in [6.07, 6.45) is 3.40. The molecule has 136 valence electrons. The van der Waals surface area contributed by atoms with Crippen molar-refractivity contribution in [1.29, 1.82) is 5.26 Å². The van der Waals surface area contributed by atoms with Gasteiger partial charge in [0.1, 0.15) is 17.4 Å². The molecule has 0 unspecified atom stereocenters. The summed E-state index contributed by atoms with van der Waals surface area (Å²) in [6, 6.07) is 16.8. The van der Waals surface area contributed by atoms with Gasteiger partial charge in [-0.25, -0.2) is 19.9 Å². The Hall–Kier alpha value is -4.05. The van der Waals surface area contributed by atoms with E-state index >= 15 is 0 Å². The monoisotopic (exact) mass is 368 g/mol. The Morgan fingerprint density at radius 2 is 1.86 bits per heavy atom. The van der Waals surface area contributed by atoms with Crippen molar-refractivity contribution in [3.63, 3.8) is 0 Å². The second-order valence-corrected chi connectivity index (χ2v) is 5.96. The van der Waals surface area contributed by atoms with Crippen LogP contribution in [0.5, 0.6) is 5.75 Å². The summed E-state index contributed by atoms with van der Waals surface area (Å²) in [5, 5.41) is 13.4. The van der Waals surface area contributed by atoms with E-state index in [4.69, 9.17) is 9.72 Å². The van der Waals surface area contributed by atoms with Gasteiger partial charge in [0, 0.05) is 17.8 Å². The van der Waals surface area contributed by atoms with Gasteiger partial charge in [-0.1, -0.05) is 12.1 Å². The number of hydrogen-bond acceptors (Lipinski definition) is 7. The molecule has 0 saturated carbocycles. The summed E-state index contributed by atoms with van der Waals surface area (Å²) in [6.45, 7) is 0.427. The molecule has 0 aliphatic rings. The number of anilines is 1. The third-order valence-corrected chi connectivity index (χ3v) is 4.21. The molecule has 0 amide bonds. The second kappa shape index (κ2) is 7.68. The minimum absolute atomic E-state index is 0.427. The molecular formula is C21H16N6O. The molecule has 4 rings (SSSR count). The number of para-hydroxylation sites is 1. The molecule has 0 aliphatic heterocycles. The van der Waals surface area contributed by atoms with Crippen LogP contribution in [0.25, 0.3) is 22.3 Å². The molecule has 2 heterocycles. The van der Waals surface area contributed by atoms with Crippen molar-refractivity contribution in [3.05, 3.63) is 72.3 Å². The van der Waals surface area contributed by atoms with E-state index in [1.807, 2.05) is 24.3 Å². The number of nitrogens with zero attached hydrogens (tertiary/aromatic N) is 5. The number of fused-ring (bicyclic) bond motifs is 1. The first-order valence-corrected chi connectivity index (χ1v) is 8.63. The first-order valence-electron chi connectivity index (χ1n) is 8.63. The largest absolute Gasteiger partial charge is 0.496 e. The van der Waals surface area contributed by atoms with E-state index in [1.165, 1.54) is 0 Å². The van der Waals surface area contributed by atoms with E-state index in [0.717, 1.165) is 10.9 Å². The Morgan fingerprint density at radius 3 is 2.64 bits per heavy atom. The highest BCUT2D eigenvalue weighted by molar-refractivity contribution is 5.91. The van der Waals surface area contributed by atoms with Gasteiger partial charge in [-0.3, -0.25) is 0 Å². The lowest BCUT2D eigenvalue weighted by Crippen LogP contribution is -2.07. The van der Waals surface area contributed by atoms with Crippen molar-refractivity contribution >= 4 is 16.7 Å². The zero-order chi connectivity index (χ0) is 19.3. The third-order valence-electron chi connectivity index (χ3n) is 4.21. The molecule has 0 radical (unpaired) electrons. The molecular weight excluding hydrogens is 352 g/mol. The van der Waals surface area contributed by atoms with Gasteiger partial charge in [0.05, 0.1) is 36.4 Å². The molecule has 0 spiro atoms. The summed E-state index contributed by atoms with van der Waals surface area (Å²) >= 11 is 0. The van der Waals surface area contributed by atoms with Crippen molar-refractivity contribution in [2.45, 2.75) is 6.54 Å². The molecule has 0 atom stereocenters. The van der Waals surface area contributed by atoms with E-state index in [9.17, 15) is 5.26 Å². The van der Waals surface area contributed by atoms with Crippen LogP contribution in [0, 0.1) is 11.3 Å². The lowest BCUT2D eigenvalue weighted by Gasteiger charge is -2.12. The number of ether oxygens (including phenoxy) is 1. The molecule has 0 saturated heterocycles. The topological polar surface area (TPSA) is 96.6 Å². The summed E-state index contributed by atoms with van der Waals surface area (Å²) in [5.41, 5.74) is 1.96. The fourth-order valence-electron chi connectivity index (χ4n) is 2.87. The van der Waals surface area contributed by atoms with Crippen LogP contribution in [0.2, 0.25) is 0 Å². The van der Waals surface area contributed by atoms with Gasteiger partial charge in [-0.05, 0) is 36.4 Å². The second-order valence-electron chi connectivity index (χ2n) is 5.96. The van der Waals surface area contributed by atoms with Gasteiger partial charge in [0.25, 0.3) is 0 Å². The predicted molar refractivity (Wildman–Crippen MR) is 106 cm³/mol. The molecule has 28 heavy (non-hydrogen) atoms. The van der Waals surface area contributed by atoms with Crippen LogP contribution in [0.1, 0.15) is 11.4 Å². The number of benzene rings is 2. The van der Waals surface area contributed by atoms with E-state index in [0.29, 0.717) is 40.9 Å². The van der Waals surface area contributed by atoms with E-state index in [-0.39, 0.29) is 0 Å². The molecule has 7 nitrogen and oxygen atoms in total. The van der Waals surface area contributed by atoms with Crippen LogP contribution in [0.15, 0.2) is 60.9 Å². The van der Waals surface area contributed by atoms with Crippen molar-refractivity contribution in [3.8, 4) is 23.2 Å². The van der Waals surface area contributed by atoms with Gasteiger partial charge in [-0.15, -0.1) is 0 Å². The molecule has 1 N–H and O–H groups in total. The first-order chi connectivity index (χ1) is 13.8. The van der Waals surface area contributed by atoms with Crippen molar-refractivity contribution in [2.75, 3.05) is 12.4 Å². The number of methoxy groups -OCH3 is 1. The maximum atomic E-state index is 9.25. The Balaban J connectivity index is 1.81. The summed E-state index contributed by atoms with van der Waals surface area (Å²) in [7, 11) is 1.58. The maximum Gasteiger partial charge on any atom is 0.165 e. The van der Waals surface area contributed by atoms with Gasteiger partial charge < -0.3 is 10.1 Å². The number of nitrogens with one attached hydrogen (secondary N) is 1. The summed E-state index contributed by atoms with van der Waals surface area (Å²) < 4.78 is 5.45. The SMILES string of the molecule is COc1ccc(C#N)cc1-c1nc(NCc2ncccn2)c2ccccc2n1. The fourth-order valence-corrected chi connectivity index (χ4v) is 2.87. The molecule has 0 aliphatic carbocycles. The van der Waals surface area contributed by atoms with Crippen LogP contribution >= 0.6 is 0 Å². The lowest BCUT2D eigenvalue weighted by molar-refractivity contribution is 0.416. The molecule has 7 heteroatoms. The van der Waals surface area contributed by atoms with E-state index < -0.39 is 0 Å². The highest BCUT2D eigenvalue weighted by atomic mass is 16.5. The highest BCUT2D eigenvalue weighted by Crippen LogP contribution is 2.31. The maximum absolute atomic E-state index is 9.25. The Labute approximate surface area is 161 Å². The average molecular weight is 368 g/mol. The van der Waals surface area contributed by atoms with Crippen LogP contribution < -0.4 is 10.1 Å². The molecule has 0 fully saturated rings. The number of nitriles is 1. The average Bonchev–Trinajstić information content (AvgIpc) is 2.77. The van der Waals surface area contributed by atoms with Crippen molar-refractivity contribution in [2.24, 2.45) is 0 Å². The molecule has 2 aromatic carbocycles. The van der Waals surface area contributed by atoms with Crippen LogP contribution in [0.3, 0.4) is 0 Å². The van der Waals surface area contributed by atoms with Crippen LogP contribution in [-0.4, -0.2) is 27.0 Å². The summed E-state index contributed by atoms with van der Waals surface area (Å²) in [4.78, 5) is 17.8. The highest BCUT2D eigenvalue weighted by Gasteiger charge is 2.14. The van der Waals surface area contributed by atoms with E-state index in [1.54, 1.807) is 43.8 Å². The van der Waals surface area contributed by atoms with Gasteiger partial charge in [0.2, 0.25) is 0 Å². The Bertz CT molecular complexity index is 1170. The number of aromatic nitrogens is 4. The molecule has 4 aromatic rings. The quantitative estimate of drug-likeness (QED) is 0.575. The van der Waals surface area contributed by atoms with Crippen LogP contribution in [-0.2, 0) is 6.54 Å². The van der Waals surface area contributed by atoms with E-state index in [2.05, 4.69) is 26.3 Å². The molecule has 0 bridgehead atoms. The predicted octanol–water partition coefficient (Wildman–Crippen LogP) is 3.58. The zero-order valence-corrected chi connectivity index (χ0v) is 15.1. The number of hydrogen-bond donors (Lipinski definition) is 1. The smallest absolute Gasteiger partial charge is 0.165 e. The lowest BCUT2D eigenvalue weighted by atomic mass is 10.1. The van der Waals surface area contributed by atoms with Gasteiger partial charge in [-0.2, -0.15) is 5.26 Å². The minimum atomic E-state index is 0.427. The third kappa shape index (κ3) is 3.44. The van der Waals surface area contributed by atoms with Crippen LogP contribution in [0.4, 0.5) is 5.82 Å². The first kappa shape index (κ1) is 17.4. The zero-order valence-electron chi connectivity index (χ0n) is 15.1. The molecule has 2 aromatic heterocycles. The number of rotatable bonds is 5. The minimum Gasteiger partial charge on any atom is -0.496 e.